The third kappa shape index (κ3) is 4.14. The average molecular weight is 403 g/mol. The number of hydrogen-bond donors (Lipinski definition) is 3. The third-order valence-electron chi connectivity index (χ3n) is 5.16. The van der Waals surface area contributed by atoms with Gasteiger partial charge in [-0.05, 0) is 37.1 Å². The number of anilines is 2. The zero-order valence-corrected chi connectivity index (χ0v) is 15.4. The number of fused-ring (bicyclic) bond motifs is 1. The number of oxazole rings is 1. The molecule has 3 N–H and O–H groups in total. The number of carbonyl (C=O) groups excluding carboxylic acids is 1. The van der Waals surface area contributed by atoms with E-state index in [9.17, 15) is 23.5 Å². The summed E-state index contributed by atoms with van der Waals surface area (Å²) in [6, 6.07) is 8.46. The van der Waals surface area contributed by atoms with Crippen molar-refractivity contribution in [2.24, 2.45) is 0 Å². The Morgan fingerprint density at radius 1 is 1.17 bits per heavy atom. The topological polar surface area (TPSA) is 98.6 Å². The van der Waals surface area contributed by atoms with Gasteiger partial charge in [-0.15, -0.1) is 0 Å². The van der Waals surface area contributed by atoms with Crippen molar-refractivity contribution in [1.82, 2.24) is 4.98 Å². The number of nitrogens with zero attached hydrogens (tertiary/aromatic N) is 1. The molecular weight excluding hydrogens is 384 g/mol. The number of aliphatic hydroxyl groups is 1. The first-order valence-electron chi connectivity index (χ1n) is 9.16. The summed E-state index contributed by atoms with van der Waals surface area (Å²) in [4.78, 5) is 27.9. The van der Waals surface area contributed by atoms with Crippen molar-refractivity contribution in [3.05, 3.63) is 58.6 Å². The summed E-state index contributed by atoms with van der Waals surface area (Å²) in [5.74, 6) is -2.77. The van der Waals surface area contributed by atoms with Gasteiger partial charge in [0.25, 0.3) is 0 Å². The van der Waals surface area contributed by atoms with E-state index < -0.39 is 23.0 Å². The molecule has 0 unspecified atom stereocenters. The van der Waals surface area contributed by atoms with Gasteiger partial charge in [0.2, 0.25) is 5.91 Å². The minimum absolute atomic E-state index is 0.103. The van der Waals surface area contributed by atoms with E-state index in [2.05, 4.69) is 10.3 Å². The lowest BCUT2D eigenvalue weighted by molar-refractivity contribution is -0.121. The van der Waals surface area contributed by atoms with Crippen LogP contribution in [-0.4, -0.2) is 34.7 Å². The first-order chi connectivity index (χ1) is 13.8. The van der Waals surface area contributed by atoms with Crippen LogP contribution in [0.2, 0.25) is 0 Å². The second-order valence-corrected chi connectivity index (χ2v) is 7.26. The van der Waals surface area contributed by atoms with E-state index in [0.29, 0.717) is 48.4 Å². The normalized spacial score (nSPS) is 16.2. The zero-order chi connectivity index (χ0) is 20.6. The van der Waals surface area contributed by atoms with Crippen LogP contribution in [-0.2, 0) is 4.79 Å². The maximum Gasteiger partial charge on any atom is 0.417 e. The minimum atomic E-state index is -1.19. The maximum absolute atomic E-state index is 13.4. The SMILES string of the molecule is O=C(CC1(O)CCN(c2ccc(F)c(F)c2)CC1)Nc1ccc2[nH]c(=O)oc2c1. The molecule has 1 saturated heterocycles. The van der Waals surface area contributed by atoms with Gasteiger partial charge in [-0.2, -0.15) is 0 Å². The van der Waals surface area contributed by atoms with Gasteiger partial charge in [0, 0.05) is 36.6 Å². The maximum atomic E-state index is 13.4. The molecule has 3 aromatic rings. The fourth-order valence-electron chi connectivity index (χ4n) is 3.57. The average Bonchev–Trinajstić information content (AvgIpc) is 3.03. The van der Waals surface area contributed by atoms with Gasteiger partial charge in [-0.25, -0.2) is 13.6 Å². The van der Waals surface area contributed by atoms with Crippen molar-refractivity contribution in [3.8, 4) is 0 Å². The molecule has 1 aliphatic rings. The molecule has 7 nitrogen and oxygen atoms in total. The predicted molar refractivity (Wildman–Crippen MR) is 103 cm³/mol. The number of amides is 1. The van der Waals surface area contributed by atoms with Crippen molar-refractivity contribution in [2.75, 3.05) is 23.3 Å². The van der Waals surface area contributed by atoms with Crippen LogP contribution < -0.4 is 16.0 Å². The van der Waals surface area contributed by atoms with Crippen LogP contribution in [0.4, 0.5) is 20.2 Å². The molecule has 1 aromatic heterocycles. The van der Waals surface area contributed by atoms with Gasteiger partial charge in [0.05, 0.1) is 17.5 Å². The Hall–Kier alpha value is -3.20. The first-order valence-corrected chi connectivity index (χ1v) is 9.16. The Labute approximate surface area is 163 Å². The molecule has 29 heavy (non-hydrogen) atoms. The number of piperidine rings is 1. The van der Waals surface area contributed by atoms with Gasteiger partial charge in [0.15, 0.2) is 17.2 Å². The Morgan fingerprint density at radius 2 is 1.93 bits per heavy atom. The number of nitrogens with one attached hydrogen (secondary N) is 2. The Bertz CT molecular complexity index is 1120. The number of carbonyl (C=O) groups is 1. The van der Waals surface area contributed by atoms with E-state index in [-0.39, 0.29) is 12.3 Å². The van der Waals surface area contributed by atoms with E-state index in [1.807, 2.05) is 4.90 Å². The van der Waals surface area contributed by atoms with E-state index in [1.54, 1.807) is 12.1 Å². The zero-order valence-electron chi connectivity index (χ0n) is 15.4. The molecule has 0 spiro atoms. The molecule has 2 heterocycles. The quantitative estimate of drug-likeness (QED) is 0.622. The third-order valence-corrected chi connectivity index (χ3v) is 5.16. The van der Waals surface area contributed by atoms with Crippen molar-refractivity contribution in [3.63, 3.8) is 0 Å². The summed E-state index contributed by atoms with van der Waals surface area (Å²) in [5.41, 5.74) is 0.650. The summed E-state index contributed by atoms with van der Waals surface area (Å²) in [7, 11) is 0. The molecule has 1 amide bonds. The van der Waals surface area contributed by atoms with Crippen LogP contribution in [0.5, 0.6) is 0 Å². The van der Waals surface area contributed by atoms with Crippen molar-refractivity contribution >= 4 is 28.4 Å². The molecule has 152 valence electrons. The van der Waals surface area contributed by atoms with Crippen molar-refractivity contribution in [2.45, 2.75) is 24.9 Å². The summed E-state index contributed by atoms with van der Waals surface area (Å²) >= 11 is 0. The number of aromatic nitrogens is 1. The van der Waals surface area contributed by atoms with Crippen LogP contribution >= 0.6 is 0 Å². The lowest BCUT2D eigenvalue weighted by Gasteiger charge is -2.39. The lowest BCUT2D eigenvalue weighted by atomic mass is 9.87. The molecule has 9 heteroatoms. The van der Waals surface area contributed by atoms with Crippen LogP contribution in [0.25, 0.3) is 11.1 Å². The molecule has 0 saturated carbocycles. The standard InChI is InChI=1S/C20H19F2N3O4/c21-14-3-2-13(10-15(14)22)25-7-5-20(28,6-8-25)11-18(26)23-12-1-4-16-17(9-12)29-19(27)24-16/h1-4,9-10,28H,5-8,11H2,(H,23,26)(H,24,27). The highest BCUT2D eigenvalue weighted by atomic mass is 19.2. The highest BCUT2D eigenvalue weighted by Gasteiger charge is 2.34. The van der Waals surface area contributed by atoms with Gasteiger partial charge in [0.1, 0.15) is 0 Å². The largest absolute Gasteiger partial charge is 0.417 e. The highest BCUT2D eigenvalue weighted by molar-refractivity contribution is 5.93. The van der Waals surface area contributed by atoms with Gasteiger partial charge in [-0.3, -0.25) is 9.78 Å². The fraction of sp³-hybridized carbons (Fsp3) is 0.300. The van der Waals surface area contributed by atoms with E-state index in [0.717, 1.165) is 12.1 Å². The Kier molecular flexibility index (Phi) is 4.83. The number of rotatable bonds is 4. The Balaban J connectivity index is 1.36. The highest BCUT2D eigenvalue weighted by Crippen LogP contribution is 2.30. The van der Waals surface area contributed by atoms with Crippen LogP contribution in [0, 0.1) is 11.6 Å². The van der Waals surface area contributed by atoms with E-state index >= 15 is 0 Å². The second-order valence-electron chi connectivity index (χ2n) is 7.26. The number of halogens is 2. The van der Waals surface area contributed by atoms with Crippen LogP contribution in [0.15, 0.2) is 45.6 Å². The lowest BCUT2D eigenvalue weighted by Crippen LogP contribution is -2.46. The Morgan fingerprint density at radius 3 is 2.66 bits per heavy atom. The minimum Gasteiger partial charge on any atom is -0.408 e. The summed E-state index contributed by atoms with van der Waals surface area (Å²) in [5, 5.41) is 13.5. The molecule has 0 aliphatic carbocycles. The molecule has 0 bridgehead atoms. The molecule has 0 radical (unpaired) electrons. The summed E-state index contributed by atoms with van der Waals surface area (Å²) in [6.07, 6.45) is 0.518. The molecule has 0 atom stereocenters. The van der Waals surface area contributed by atoms with Crippen LogP contribution in [0.1, 0.15) is 19.3 Å². The van der Waals surface area contributed by atoms with E-state index in [4.69, 9.17) is 4.42 Å². The number of benzene rings is 2. The first kappa shape index (κ1) is 19.1. The number of H-pyrrole nitrogens is 1. The molecule has 1 aliphatic heterocycles. The molecule has 4 rings (SSSR count). The fourth-order valence-corrected chi connectivity index (χ4v) is 3.57. The van der Waals surface area contributed by atoms with Gasteiger partial charge in [-0.1, -0.05) is 0 Å². The number of hydrogen-bond acceptors (Lipinski definition) is 5. The summed E-state index contributed by atoms with van der Waals surface area (Å²) in [6.45, 7) is 0.824. The van der Waals surface area contributed by atoms with Gasteiger partial charge >= 0.3 is 5.76 Å². The monoisotopic (exact) mass is 403 g/mol. The van der Waals surface area contributed by atoms with E-state index in [1.165, 1.54) is 12.1 Å². The van der Waals surface area contributed by atoms with Gasteiger partial charge < -0.3 is 19.7 Å². The second kappa shape index (κ2) is 7.32. The number of aromatic amines is 1. The van der Waals surface area contributed by atoms with Crippen molar-refractivity contribution < 1.29 is 23.1 Å². The predicted octanol–water partition coefficient (Wildman–Crippen LogP) is 2.76. The molecular formula is C20H19F2N3O4. The molecule has 2 aromatic carbocycles. The van der Waals surface area contributed by atoms with Crippen molar-refractivity contribution in [1.29, 1.82) is 0 Å². The molecule has 1 fully saturated rings. The van der Waals surface area contributed by atoms with Crippen LogP contribution in [0.3, 0.4) is 0 Å². The smallest absolute Gasteiger partial charge is 0.408 e. The summed E-state index contributed by atoms with van der Waals surface area (Å²) < 4.78 is 31.5.